The molecule has 0 aliphatic carbocycles. The SMILES string of the molecule is Cc1cc(/C(O)=C2\C(=O)C(=O)N(c3ccc4c(c3)OCCO4)C2c2ccc(N(C)C)cc2)ccc1OCC(C)C. The number of ketones is 1. The normalized spacial score (nSPS) is 17.9. The number of hydrogen-bond acceptors (Lipinski definition) is 7. The molecule has 2 aliphatic rings. The first kappa shape index (κ1) is 27.1. The predicted octanol–water partition coefficient (Wildman–Crippen LogP) is 5.49. The minimum Gasteiger partial charge on any atom is -0.507 e. The lowest BCUT2D eigenvalue weighted by atomic mass is 9.94. The van der Waals surface area contributed by atoms with Crippen molar-refractivity contribution in [1.29, 1.82) is 0 Å². The number of fused-ring (bicyclic) bond motifs is 1. The van der Waals surface area contributed by atoms with Crippen molar-refractivity contribution in [3.05, 3.63) is 82.9 Å². The molecule has 208 valence electrons. The van der Waals surface area contributed by atoms with Crippen molar-refractivity contribution < 1.29 is 28.9 Å². The van der Waals surface area contributed by atoms with Crippen molar-refractivity contribution >= 4 is 28.8 Å². The molecule has 8 nitrogen and oxygen atoms in total. The van der Waals surface area contributed by atoms with Gasteiger partial charge in [0, 0.05) is 37.1 Å². The Labute approximate surface area is 234 Å². The van der Waals surface area contributed by atoms with Gasteiger partial charge in [-0.05, 0) is 66.4 Å². The van der Waals surface area contributed by atoms with Crippen LogP contribution in [0.15, 0.2) is 66.2 Å². The van der Waals surface area contributed by atoms with Crippen molar-refractivity contribution in [2.75, 3.05) is 43.7 Å². The van der Waals surface area contributed by atoms with Crippen LogP contribution in [-0.4, -0.2) is 50.7 Å². The van der Waals surface area contributed by atoms with Gasteiger partial charge >= 0.3 is 0 Å². The highest BCUT2D eigenvalue weighted by Crippen LogP contribution is 2.45. The maximum atomic E-state index is 13.6. The van der Waals surface area contributed by atoms with Crippen LogP contribution >= 0.6 is 0 Å². The molecule has 0 spiro atoms. The van der Waals surface area contributed by atoms with E-state index in [0.717, 1.165) is 11.3 Å². The van der Waals surface area contributed by atoms with Gasteiger partial charge in [0.1, 0.15) is 24.7 Å². The van der Waals surface area contributed by atoms with E-state index in [-0.39, 0.29) is 11.3 Å². The lowest BCUT2D eigenvalue weighted by molar-refractivity contribution is -0.132. The van der Waals surface area contributed by atoms with Gasteiger partial charge in [-0.2, -0.15) is 0 Å². The van der Waals surface area contributed by atoms with Crippen LogP contribution in [0.5, 0.6) is 17.2 Å². The fraction of sp³-hybridized carbons (Fsp3) is 0.312. The van der Waals surface area contributed by atoms with Gasteiger partial charge in [-0.15, -0.1) is 0 Å². The number of aryl methyl sites for hydroxylation is 1. The summed E-state index contributed by atoms with van der Waals surface area (Å²) in [6, 6.07) is 17.2. The highest BCUT2D eigenvalue weighted by Gasteiger charge is 2.47. The number of benzene rings is 3. The molecule has 1 N–H and O–H groups in total. The van der Waals surface area contributed by atoms with E-state index in [1.54, 1.807) is 36.4 Å². The Morgan fingerprint density at radius 1 is 1.00 bits per heavy atom. The molecule has 0 bridgehead atoms. The standard InChI is InChI=1S/C32H34N2O6/c1-19(2)18-40-25-12-8-22(16-20(25)3)30(35)28-29(21-6-9-23(10-7-21)33(4)5)34(32(37)31(28)36)24-11-13-26-27(17-24)39-15-14-38-26/h6-13,16-17,19,29,35H,14-15,18H2,1-5H3/b30-28+. The summed E-state index contributed by atoms with van der Waals surface area (Å²) in [4.78, 5) is 30.5. The largest absolute Gasteiger partial charge is 0.507 e. The van der Waals surface area contributed by atoms with E-state index >= 15 is 0 Å². The molecule has 3 aromatic carbocycles. The number of aliphatic hydroxyl groups excluding tert-OH is 1. The first-order chi connectivity index (χ1) is 19.2. The Kier molecular flexibility index (Phi) is 7.43. The van der Waals surface area contributed by atoms with Gasteiger partial charge in [0.25, 0.3) is 11.7 Å². The molecule has 40 heavy (non-hydrogen) atoms. The molecule has 5 rings (SSSR count). The molecule has 3 aromatic rings. The Morgan fingerprint density at radius 2 is 1.70 bits per heavy atom. The smallest absolute Gasteiger partial charge is 0.300 e. The second kappa shape index (κ2) is 11.0. The topological polar surface area (TPSA) is 88.5 Å². The van der Waals surface area contributed by atoms with Crippen molar-refractivity contribution in [3.8, 4) is 17.2 Å². The lowest BCUT2D eigenvalue weighted by Crippen LogP contribution is -2.29. The van der Waals surface area contributed by atoms with Crippen LogP contribution in [-0.2, 0) is 9.59 Å². The molecule has 8 heteroatoms. The lowest BCUT2D eigenvalue weighted by Gasteiger charge is -2.27. The zero-order valence-corrected chi connectivity index (χ0v) is 23.4. The summed E-state index contributed by atoms with van der Waals surface area (Å²) in [5.74, 6) is 0.424. The number of aliphatic hydroxyl groups is 1. The van der Waals surface area contributed by atoms with Gasteiger partial charge in [-0.3, -0.25) is 14.5 Å². The highest BCUT2D eigenvalue weighted by atomic mass is 16.6. The molecule has 1 unspecified atom stereocenters. The summed E-state index contributed by atoms with van der Waals surface area (Å²) in [6.07, 6.45) is 0. The number of ether oxygens (including phenoxy) is 3. The monoisotopic (exact) mass is 542 g/mol. The average Bonchev–Trinajstić information content (AvgIpc) is 3.21. The number of anilines is 2. The fourth-order valence-corrected chi connectivity index (χ4v) is 4.92. The van der Waals surface area contributed by atoms with Crippen molar-refractivity contribution in [1.82, 2.24) is 0 Å². The molecular formula is C32H34N2O6. The number of rotatable bonds is 7. The Morgan fingerprint density at radius 3 is 2.35 bits per heavy atom. The maximum Gasteiger partial charge on any atom is 0.300 e. The summed E-state index contributed by atoms with van der Waals surface area (Å²) in [5, 5.41) is 11.6. The molecule has 1 amide bonds. The Balaban J connectivity index is 1.62. The highest BCUT2D eigenvalue weighted by molar-refractivity contribution is 6.51. The zero-order valence-electron chi connectivity index (χ0n) is 23.4. The average molecular weight is 543 g/mol. The Bertz CT molecular complexity index is 1480. The van der Waals surface area contributed by atoms with Crippen LogP contribution in [0.4, 0.5) is 11.4 Å². The number of nitrogens with zero attached hydrogens (tertiary/aromatic N) is 2. The summed E-state index contributed by atoms with van der Waals surface area (Å²) >= 11 is 0. The first-order valence-electron chi connectivity index (χ1n) is 13.4. The van der Waals surface area contributed by atoms with Crippen LogP contribution in [0.1, 0.15) is 36.6 Å². The third-order valence-electron chi connectivity index (χ3n) is 6.99. The second-order valence-electron chi connectivity index (χ2n) is 10.7. The molecule has 1 fully saturated rings. The van der Waals surface area contributed by atoms with E-state index in [4.69, 9.17) is 14.2 Å². The van der Waals surface area contributed by atoms with Crippen molar-refractivity contribution in [2.24, 2.45) is 5.92 Å². The number of Topliss-reactive ketones (excluding diaryl/α,β-unsaturated/α-hetero) is 1. The third-order valence-corrected chi connectivity index (χ3v) is 6.99. The third kappa shape index (κ3) is 5.09. The summed E-state index contributed by atoms with van der Waals surface area (Å²) in [6.45, 7) is 7.42. The molecule has 0 saturated carbocycles. The van der Waals surface area contributed by atoms with Gasteiger partial charge in [-0.1, -0.05) is 26.0 Å². The van der Waals surface area contributed by atoms with Crippen molar-refractivity contribution in [2.45, 2.75) is 26.8 Å². The summed E-state index contributed by atoms with van der Waals surface area (Å²) in [5.41, 5.74) is 3.40. The van der Waals surface area contributed by atoms with Gasteiger partial charge in [-0.25, -0.2) is 0 Å². The molecule has 0 aromatic heterocycles. The van der Waals surface area contributed by atoms with E-state index in [9.17, 15) is 14.7 Å². The minimum atomic E-state index is -0.851. The van der Waals surface area contributed by atoms with Crippen LogP contribution in [0.2, 0.25) is 0 Å². The summed E-state index contributed by atoms with van der Waals surface area (Å²) < 4.78 is 17.3. The van der Waals surface area contributed by atoms with Gasteiger partial charge < -0.3 is 24.2 Å². The van der Waals surface area contributed by atoms with Crippen molar-refractivity contribution in [3.63, 3.8) is 0 Å². The van der Waals surface area contributed by atoms with Crippen LogP contribution < -0.4 is 24.0 Å². The summed E-state index contributed by atoms with van der Waals surface area (Å²) in [7, 11) is 3.88. The first-order valence-corrected chi connectivity index (χ1v) is 13.4. The second-order valence-corrected chi connectivity index (χ2v) is 10.7. The number of carbonyl (C=O) groups excluding carboxylic acids is 2. The zero-order chi connectivity index (χ0) is 28.6. The van der Waals surface area contributed by atoms with E-state index in [1.165, 1.54) is 4.90 Å². The molecule has 2 heterocycles. The van der Waals surface area contributed by atoms with Gasteiger partial charge in [0.05, 0.1) is 18.2 Å². The number of amides is 1. The van der Waals surface area contributed by atoms with Gasteiger partial charge in [0.15, 0.2) is 11.5 Å². The van der Waals surface area contributed by atoms with Gasteiger partial charge in [0.2, 0.25) is 0 Å². The maximum absolute atomic E-state index is 13.6. The van der Waals surface area contributed by atoms with Crippen LogP contribution in [0, 0.1) is 12.8 Å². The molecule has 1 saturated heterocycles. The van der Waals surface area contributed by atoms with E-state index in [1.807, 2.05) is 50.2 Å². The minimum absolute atomic E-state index is 0.0211. The quantitative estimate of drug-likeness (QED) is 0.240. The van der Waals surface area contributed by atoms with Crippen LogP contribution in [0.25, 0.3) is 5.76 Å². The fourth-order valence-electron chi connectivity index (χ4n) is 4.92. The van der Waals surface area contributed by atoms with E-state index in [0.29, 0.717) is 59.8 Å². The molecule has 2 aliphatic heterocycles. The van der Waals surface area contributed by atoms with E-state index < -0.39 is 17.7 Å². The Hall–Kier alpha value is -4.46. The van der Waals surface area contributed by atoms with E-state index in [2.05, 4.69) is 13.8 Å². The molecule has 0 radical (unpaired) electrons. The predicted molar refractivity (Wildman–Crippen MR) is 154 cm³/mol. The molecule has 1 atom stereocenters. The molecular weight excluding hydrogens is 508 g/mol. The number of hydrogen-bond donors (Lipinski definition) is 1. The van der Waals surface area contributed by atoms with Crippen LogP contribution in [0.3, 0.4) is 0 Å². The number of carbonyl (C=O) groups is 2.